The van der Waals surface area contributed by atoms with E-state index in [0.717, 1.165) is 0 Å². The van der Waals surface area contributed by atoms with Crippen LogP contribution in [-0.4, -0.2) is 54.4 Å². The summed E-state index contributed by atoms with van der Waals surface area (Å²) in [6.45, 7) is 4.17. The van der Waals surface area contributed by atoms with Crippen molar-refractivity contribution in [2.75, 3.05) is 32.8 Å². The summed E-state index contributed by atoms with van der Waals surface area (Å²) in [6.07, 6.45) is 0.508. The highest BCUT2D eigenvalue weighted by molar-refractivity contribution is 6.30. The van der Waals surface area contributed by atoms with Gasteiger partial charge in [0.2, 0.25) is 5.91 Å². The molecule has 1 aliphatic rings. The van der Waals surface area contributed by atoms with Crippen LogP contribution in [0.4, 0.5) is 0 Å². The summed E-state index contributed by atoms with van der Waals surface area (Å²) in [5.74, 6) is 0.695. The van der Waals surface area contributed by atoms with Crippen LogP contribution >= 0.6 is 11.6 Å². The third-order valence-corrected chi connectivity index (χ3v) is 3.72. The highest BCUT2D eigenvalue weighted by atomic mass is 35.5. The van der Waals surface area contributed by atoms with Gasteiger partial charge in [-0.15, -0.1) is 0 Å². The van der Waals surface area contributed by atoms with Crippen molar-refractivity contribution in [1.82, 2.24) is 9.80 Å². The van der Waals surface area contributed by atoms with Crippen molar-refractivity contribution in [3.8, 4) is 5.75 Å². The molecule has 2 rings (SSSR count). The Morgan fingerprint density at radius 1 is 1.05 bits per heavy atom. The number of halogens is 1. The van der Waals surface area contributed by atoms with Crippen LogP contribution in [-0.2, 0) is 9.59 Å². The number of hydrogen-bond donors (Lipinski definition) is 0. The van der Waals surface area contributed by atoms with Crippen LogP contribution < -0.4 is 4.74 Å². The van der Waals surface area contributed by atoms with Gasteiger partial charge in [-0.25, -0.2) is 0 Å². The Hall–Kier alpha value is -1.75. The molecule has 0 atom stereocenters. The second-order valence-corrected chi connectivity index (χ2v) is 5.29. The number of carbonyl (C=O) groups excluding carboxylic acids is 2. The van der Waals surface area contributed by atoms with E-state index in [1.54, 1.807) is 34.1 Å². The highest BCUT2D eigenvalue weighted by Gasteiger charge is 2.23. The van der Waals surface area contributed by atoms with Crippen LogP contribution in [0.5, 0.6) is 5.75 Å². The maximum Gasteiger partial charge on any atom is 0.260 e. The maximum atomic E-state index is 12.1. The number of carbonyl (C=O) groups is 2. The number of ether oxygens (including phenoxy) is 1. The van der Waals surface area contributed by atoms with Crippen molar-refractivity contribution in [1.29, 1.82) is 0 Å². The maximum absolute atomic E-state index is 12.1. The molecule has 2 amide bonds. The minimum atomic E-state index is -0.0615. The number of piperazine rings is 1. The third kappa shape index (κ3) is 4.36. The number of benzene rings is 1. The summed E-state index contributed by atoms with van der Waals surface area (Å²) in [6, 6.07) is 6.90. The van der Waals surface area contributed by atoms with Gasteiger partial charge < -0.3 is 14.5 Å². The fraction of sp³-hybridized carbons (Fsp3) is 0.467. The lowest BCUT2D eigenvalue weighted by Crippen LogP contribution is -2.51. The molecule has 21 heavy (non-hydrogen) atoms. The number of hydrogen-bond acceptors (Lipinski definition) is 3. The first kappa shape index (κ1) is 15.6. The van der Waals surface area contributed by atoms with E-state index in [1.807, 2.05) is 6.92 Å². The Morgan fingerprint density at radius 2 is 1.57 bits per heavy atom. The fourth-order valence-corrected chi connectivity index (χ4v) is 2.32. The van der Waals surface area contributed by atoms with Crippen molar-refractivity contribution in [3.63, 3.8) is 0 Å². The zero-order valence-electron chi connectivity index (χ0n) is 12.0. The smallest absolute Gasteiger partial charge is 0.260 e. The molecule has 0 radical (unpaired) electrons. The Labute approximate surface area is 129 Å². The SMILES string of the molecule is CCC(=O)N1CCN(C(=O)COc2ccc(Cl)cc2)CC1. The average molecular weight is 311 g/mol. The Balaban J connectivity index is 1.77. The number of rotatable bonds is 4. The van der Waals surface area contributed by atoms with Crippen molar-refractivity contribution >= 4 is 23.4 Å². The molecular formula is C15H19ClN2O3. The molecule has 5 nitrogen and oxygen atoms in total. The Bertz CT molecular complexity index is 496. The van der Waals surface area contributed by atoms with E-state index in [-0.39, 0.29) is 18.4 Å². The van der Waals surface area contributed by atoms with Crippen molar-refractivity contribution in [2.24, 2.45) is 0 Å². The minimum Gasteiger partial charge on any atom is -0.484 e. The topological polar surface area (TPSA) is 49.9 Å². The fourth-order valence-electron chi connectivity index (χ4n) is 2.20. The zero-order valence-corrected chi connectivity index (χ0v) is 12.8. The van der Waals surface area contributed by atoms with Gasteiger partial charge in [-0.2, -0.15) is 0 Å². The lowest BCUT2D eigenvalue weighted by Gasteiger charge is -2.34. The van der Waals surface area contributed by atoms with Gasteiger partial charge in [-0.1, -0.05) is 18.5 Å². The van der Waals surface area contributed by atoms with E-state index in [9.17, 15) is 9.59 Å². The van der Waals surface area contributed by atoms with E-state index in [1.165, 1.54) is 0 Å². The molecule has 0 bridgehead atoms. The molecule has 1 heterocycles. The average Bonchev–Trinajstić information content (AvgIpc) is 2.53. The second kappa shape index (κ2) is 7.31. The lowest BCUT2D eigenvalue weighted by molar-refractivity contribution is -0.140. The van der Waals surface area contributed by atoms with Crippen molar-refractivity contribution in [2.45, 2.75) is 13.3 Å². The van der Waals surface area contributed by atoms with Gasteiger partial charge in [-0.3, -0.25) is 9.59 Å². The predicted octanol–water partition coefficient (Wildman–Crippen LogP) is 1.80. The molecular weight excluding hydrogens is 292 g/mol. The summed E-state index contributed by atoms with van der Waals surface area (Å²) < 4.78 is 5.44. The van der Waals surface area contributed by atoms with Gasteiger partial charge in [0, 0.05) is 37.6 Å². The van der Waals surface area contributed by atoms with Crippen LogP contribution in [0.2, 0.25) is 5.02 Å². The molecule has 1 fully saturated rings. The Kier molecular flexibility index (Phi) is 5.44. The molecule has 0 spiro atoms. The van der Waals surface area contributed by atoms with Gasteiger partial charge >= 0.3 is 0 Å². The van der Waals surface area contributed by atoms with E-state index >= 15 is 0 Å². The van der Waals surface area contributed by atoms with Gasteiger partial charge in [0.15, 0.2) is 6.61 Å². The molecule has 6 heteroatoms. The van der Waals surface area contributed by atoms with Crippen LogP contribution in [0, 0.1) is 0 Å². The van der Waals surface area contributed by atoms with Gasteiger partial charge in [0.05, 0.1) is 0 Å². The summed E-state index contributed by atoms with van der Waals surface area (Å²) in [4.78, 5) is 27.2. The quantitative estimate of drug-likeness (QED) is 0.852. The molecule has 0 saturated carbocycles. The van der Waals surface area contributed by atoms with E-state index in [2.05, 4.69) is 0 Å². The number of amides is 2. The molecule has 1 aliphatic heterocycles. The normalized spacial score (nSPS) is 15.0. The van der Waals surface area contributed by atoms with Gasteiger partial charge in [0.25, 0.3) is 5.91 Å². The molecule has 1 aromatic carbocycles. The van der Waals surface area contributed by atoms with Crippen LogP contribution in [0.25, 0.3) is 0 Å². The first-order valence-electron chi connectivity index (χ1n) is 7.04. The predicted molar refractivity (Wildman–Crippen MR) is 80.4 cm³/mol. The summed E-state index contributed by atoms with van der Waals surface area (Å²) in [7, 11) is 0. The minimum absolute atomic E-state index is 0.00333. The summed E-state index contributed by atoms with van der Waals surface area (Å²) in [5.41, 5.74) is 0. The molecule has 0 N–H and O–H groups in total. The van der Waals surface area contributed by atoms with E-state index < -0.39 is 0 Å². The second-order valence-electron chi connectivity index (χ2n) is 4.86. The molecule has 0 aromatic heterocycles. The highest BCUT2D eigenvalue weighted by Crippen LogP contribution is 2.15. The van der Waals surface area contributed by atoms with Gasteiger partial charge in [0.1, 0.15) is 5.75 Å². The van der Waals surface area contributed by atoms with E-state index in [4.69, 9.17) is 16.3 Å². The van der Waals surface area contributed by atoms with Crippen LogP contribution in [0.15, 0.2) is 24.3 Å². The first-order chi connectivity index (χ1) is 10.1. The molecule has 1 aromatic rings. The lowest BCUT2D eigenvalue weighted by atomic mass is 10.3. The largest absolute Gasteiger partial charge is 0.484 e. The first-order valence-corrected chi connectivity index (χ1v) is 7.42. The van der Waals surface area contributed by atoms with Crippen LogP contribution in [0.1, 0.15) is 13.3 Å². The number of nitrogens with zero attached hydrogens (tertiary/aromatic N) is 2. The zero-order chi connectivity index (χ0) is 15.2. The van der Waals surface area contributed by atoms with Crippen molar-refractivity contribution in [3.05, 3.63) is 29.3 Å². The van der Waals surface area contributed by atoms with Crippen molar-refractivity contribution < 1.29 is 14.3 Å². The third-order valence-electron chi connectivity index (χ3n) is 3.46. The van der Waals surface area contributed by atoms with Gasteiger partial charge in [-0.05, 0) is 24.3 Å². The summed E-state index contributed by atoms with van der Waals surface area (Å²) in [5, 5.41) is 0.630. The molecule has 1 saturated heterocycles. The Morgan fingerprint density at radius 3 is 2.10 bits per heavy atom. The molecule has 0 unspecified atom stereocenters. The van der Waals surface area contributed by atoms with E-state index in [0.29, 0.717) is 43.4 Å². The summed E-state index contributed by atoms with van der Waals surface area (Å²) >= 11 is 5.78. The monoisotopic (exact) mass is 310 g/mol. The molecule has 0 aliphatic carbocycles. The van der Waals surface area contributed by atoms with Crippen LogP contribution in [0.3, 0.4) is 0 Å². The standard InChI is InChI=1S/C15H19ClN2O3/c1-2-14(19)17-7-9-18(10-8-17)15(20)11-21-13-5-3-12(16)4-6-13/h3-6H,2,7-11H2,1H3. The molecule has 114 valence electrons.